The van der Waals surface area contributed by atoms with Gasteiger partial charge in [-0.15, -0.1) is 0 Å². The molecule has 21 heavy (non-hydrogen) atoms. The predicted octanol–water partition coefficient (Wildman–Crippen LogP) is 3.01. The Morgan fingerprint density at radius 3 is 2.38 bits per heavy atom. The zero-order valence-electron chi connectivity index (χ0n) is 11.9. The lowest BCUT2D eigenvalue weighted by Gasteiger charge is -2.12. The van der Waals surface area contributed by atoms with Crippen LogP contribution in [-0.4, -0.2) is 25.3 Å². The minimum Gasteiger partial charge on any atom is -0.497 e. The van der Waals surface area contributed by atoms with Crippen LogP contribution >= 0.6 is 0 Å². The second-order valence-electron chi connectivity index (χ2n) is 4.41. The van der Waals surface area contributed by atoms with Gasteiger partial charge in [0.15, 0.2) is 0 Å². The Morgan fingerprint density at radius 2 is 1.81 bits per heavy atom. The van der Waals surface area contributed by atoms with Crippen LogP contribution in [0.4, 0.5) is 5.69 Å². The van der Waals surface area contributed by atoms with Crippen LogP contribution in [0.2, 0.25) is 0 Å². The fraction of sp³-hybridized carbons (Fsp3) is 0.188. The minimum atomic E-state index is -0.934. The molecular formula is C16H17NO4. The summed E-state index contributed by atoms with van der Waals surface area (Å²) in [6.07, 6.45) is 0. The van der Waals surface area contributed by atoms with Gasteiger partial charge in [0.05, 0.1) is 19.8 Å². The molecule has 2 aromatic carbocycles. The summed E-state index contributed by atoms with van der Waals surface area (Å²) in [5, 5.41) is 12.1. The molecule has 0 atom stereocenters. The molecule has 2 aromatic rings. The summed E-state index contributed by atoms with van der Waals surface area (Å²) in [7, 11) is 3.23. The van der Waals surface area contributed by atoms with E-state index in [1.807, 2.05) is 18.2 Å². The quantitative estimate of drug-likeness (QED) is 0.854. The number of methoxy groups -OCH3 is 2. The van der Waals surface area contributed by atoms with Gasteiger partial charge in [0.25, 0.3) is 0 Å². The molecular weight excluding hydrogens is 270 g/mol. The molecule has 0 heterocycles. The highest BCUT2D eigenvalue weighted by Crippen LogP contribution is 2.24. The Labute approximate surface area is 123 Å². The first-order chi connectivity index (χ1) is 10.1. The van der Waals surface area contributed by atoms with Gasteiger partial charge in [0.2, 0.25) is 0 Å². The van der Waals surface area contributed by atoms with Crippen LogP contribution < -0.4 is 14.8 Å². The molecule has 0 amide bonds. The third-order valence-corrected chi connectivity index (χ3v) is 3.10. The topological polar surface area (TPSA) is 67.8 Å². The number of carboxylic acid groups (broad SMARTS) is 1. The maximum atomic E-state index is 10.8. The smallest absolute Gasteiger partial charge is 0.335 e. The first-order valence-electron chi connectivity index (χ1n) is 6.42. The molecule has 0 spiro atoms. The van der Waals surface area contributed by atoms with E-state index in [4.69, 9.17) is 14.6 Å². The lowest BCUT2D eigenvalue weighted by Crippen LogP contribution is -2.03. The number of aromatic carboxylic acids is 1. The van der Waals surface area contributed by atoms with E-state index in [-0.39, 0.29) is 5.56 Å². The van der Waals surface area contributed by atoms with Crippen LogP contribution in [0.1, 0.15) is 15.9 Å². The summed E-state index contributed by atoms with van der Waals surface area (Å²) in [6.45, 7) is 0.548. The minimum absolute atomic E-state index is 0.263. The van der Waals surface area contributed by atoms with Crippen molar-refractivity contribution in [1.29, 1.82) is 0 Å². The lowest BCUT2D eigenvalue weighted by atomic mass is 10.1. The van der Waals surface area contributed by atoms with Crippen molar-refractivity contribution in [2.75, 3.05) is 19.5 Å². The Hall–Kier alpha value is -2.69. The van der Waals surface area contributed by atoms with Crippen LogP contribution in [0.15, 0.2) is 42.5 Å². The number of ether oxygens (including phenoxy) is 2. The number of benzene rings is 2. The summed E-state index contributed by atoms with van der Waals surface area (Å²) < 4.78 is 10.5. The van der Waals surface area contributed by atoms with Crippen molar-refractivity contribution in [3.8, 4) is 11.5 Å². The van der Waals surface area contributed by atoms with E-state index in [9.17, 15) is 4.79 Å². The molecule has 0 unspecified atom stereocenters. The fourth-order valence-corrected chi connectivity index (χ4v) is 1.95. The largest absolute Gasteiger partial charge is 0.497 e. The first kappa shape index (κ1) is 14.7. The van der Waals surface area contributed by atoms with Gasteiger partial charge < -0.3 is 19.9 Å². The molecule has 0 aromatic heterocycles. The number of carbonyl (C=O) groups is 1. The number of carboxylic acids is 1. The SMILES string of the molecule is COc1ccc(OC)c(CNc2ccc(C(=O)O)cc2)c1. The third-order valence-electron chi connectivity index (χ3n) is 3.10. The Kier molecular flexibility index (Phi) is 4.66. The molecule has 5 heteroatoms. The van der Waals surface area contributed by atoms with Crippen LogP contribution in [0, 0.1) is 0 Å². The van der Waals surface area contributed by atoms with E-state index in [1.54, 1.807) is 38.5 Å². The van der Waals surface area contributed by atoms with Gasteiger partial charge in [0, 0.05) is 17.8 Å². The lowest BCUT2D eigenvalue weighted by molar-refractivity contribution is 0.0697. The van der Waals surface area contributed by atoms with Crippen LogP contribution in [0.3, 0.4) is 0 Å². The highest BCUT2D eigenvalue weighted by Gasteiger charge is 2.06. The monoisotopic (exact) mass is 287 g/mol. The highest BCUT2D eigenvalue weighted by molar-refractivity contribution is 5.87. The summed E-state index contributed by atoms with van der Waals surface area (Å²) in [6, 6.07) is 12.2. The molecule has 0 aliphatic carbocycles. The van der Waals surface area contributed by atoms with Crippen LogP contribution in [0.25, 0.3) is 0 Å². The number of anilines is 1. The molecule has 0 aliphatic heterocycles. The molecule has 0 fully saturated rings. The van der Waals surface area contributed by atoms with Gasteiger partial charge >= 0.3 is 5.97 Å². The van der Waals surface area contributed by atoms with Gasteiger partial charge in [-0.05, 0) is 42.5 Å². The highest BCUT2D eigenvalue weighted by atomic mass is 16.5. The standard InChI is InChI=1S/C16H17NO4/c1-20-14-7-8-15(21-2)12(9-14)10-17-13-5-3-11(4-6-13)16(18)19/h3-9,17H,10H2,1-2H3,(H,18,19). The number of nitrogens with one attached hydrogen (secondary N) is 1. The zero-order chi connectivity index (χ0) is 15.2. The summed E-state index contributed by atoms with van der Waals surface area (Å²) in [4.78, 5) is 10.8. The molecule has 110 valence electrons. The summed E-state index contributed by atoms with van der Waals surface area (Å²) in [5.74, 6) is 0.593. The van der Waals surface area contributed by atoms with Gasteiger partial charge in [-0.3, -0.25) is 0 Å². The second kappa shape index (κ2) is 6.65. The molecule has 2 rings (SSSR count). The van der Waals surface area contributed by atoms with Crippen LogP contribution in [-0.2, 0) is 6.54 Å². The van der Waals surface area contributed by atoms with E-state index in [0.29, 0.717) is 6.54 Å². The van der Waals surface area contributed by atoms with Crippen molar-refractivity contribution >= 4 is 11.7 Å². The normalized spacial score (nSPS) is 10.0. The van der Waals surface area contributed by atoms with Gasteiger partial charge in [0.1, 0.15) is 11.5 Å². The van der Waals surface area contributed by atoms with E-state index in [1.165, 1.54) is 0 Å². The molecule has 0 saturated heterocycles. The maximum Gasteiger partial charge on any atom is 0.335 e. The van der Waals surface area contributed by atoms with E-state index in [0.717, 1.165) is 22.7 Å². The second-order valence-corrected chi connectivity index (χ2v) is 4.41. The molecule has 0 aliphatic rings. The molecule has 0 radical (unpaired) electrons. The van der Waals surface area contributed by atoms with Gasteiger partial charge in [-0.2, -0.15) is 0 Å². The van der Waals surface area contributed by atoms with E-state index >= 15 is 0 Å². The first-order valence-corrected chi connectivity index (χ1v) is 6.42. The Bertz CT molecular complexity index is 623. The molecule has 5 nitrogen and oxygen atoms in total. The fourth-order valence-electron chi connectivity index (χ4n) is 1.95. The van der Waals surface area contributed by atoms with Crippen molar-refractivity contribution in [3.05, 3.63) is 53.6 Å². The van der Waals surface area contributed by atoms with Crippen molar-refractivity contribution in [3.63, 3.8) is 0 Å². The molecule has 0 saturated carbocycles. The number of rotatable bonds is 6. The van der Waals surface area contributed by atoms with E-state index < -0.39 is 5.97 Å². The molecule has 2 N–H and O–H groups in total. The van der Waals surface area contributed by atoms with Crippen molar-refractivity contribution in [2.45, 2.75) is 6.54 Å². The van der Waals surface area contributed by atoms with E-state index in [2.05, 4.69) is 5.32 Å². The number of hydrogen-bond acceptors (Lipinski definition) is 4. The van der Waals surface area contributed by atoms with Crippen molar-refractivity contribution < 1.29 is 19.4 Å². The molecule has 0 bridgehead atoms. The predicted molar refractivity (Wildman–Crippen MR) is 80.3 cm³/mol. The Balaban J connectivity index is 2.10. The van der Waals surface area contributed by atoms with Crippen molar-refractivity contribution in [2.24, 2.45) is 0 Å². The summed E-state index contributed by atoms with van der Waals surface area (Å²) in [5.41, 5.74) is 2.06. The average molecular weight is 287 g/mol. The van der Waals surface area contributed by atoms with Gasteiger partial charge in [-0.1, -0.05) is 0 Å². The van der Waals surface area contributed by atoms with Crippen molar-refractivity contribution in [1.82, 2.24) is 0 Å². The Morgan fingerprint density at radius 1 is 1.10 bits per heavy atom. The number of hydrogen-bond donors (Lipinski definition) is 2. The maximum absolute atomic E-state index is 10.8. The third kappa shape index (κ3) is 3.66. The van der Waals surface area contributed by atoms with Crippen LogP contribution in [0.5, 0.6) is 11.5 Å². The zero-order valence-corrected chi connectivity index (χ0v) is 11.9. The average Bonchev–Trinajstić information content (AvgIpc) is 2.52. The van der Waals surface area contributed by atoms with Gasteiger partial charge in [-0.25, -0.2) is 4.79 Å². The summed E-state index contributed by atoms with van der Waals surface area (Å²) >= 11 is 0.